The number of amides is 2. The van der Waals surface area contributed by atoms with Gasteiger partial charge in [-0.1, -0.05) is 31.0 Å². The zero-order chi connectivity index (χ0) is 17.8. The van der Waals surface area contributed by atoms with Crippen LogP contribution in [0, 0.1) is 17.7 Å². The largest absolute Gasteiger partial charge is 0.481 e. The highest BCUT2D eigenvalue weighted by Crippen LogP contribution is 2.36. The molecule has 5 nitrogen and oxygen atoms in total. The first-order valence-corrected chi connectivity index (χ1v) is 9.09. The summed E-state index contributed by atoms with van der Waals surface area (Å²) >= 11 is 0. The number of nitrogens with zero attached hydrogens (tertiary/aromatic N) is 1. The lowest BCUT2D eigenvalue weighted by molar-refractivity contribution is -0.143. The van der Waals surface area contributed by atoms with Crippen molar-refractivity contribution in [2.24, 2.45) is 11.8 Å². The van der Waals surface area contributed by atoms with Gasteiger partial charge < -0.3 is 15.3 Å². The highest BCUT2D eigenvalue weighted by atomic mass is 19.1. The minimum Gasteiger partial charge on any atom is -0.481 e. The summed E-state index contributed by atoms with van der Waals surface area (Å²) in [6, 6.07) is 6.09. The molecule has 0 radical (unpaired) electrons. The van der Waals surface area contributed by atoms with Crippen molar-refractivity contribution in [2.75, 3.05) is 13.1 Å². The van der Waals surface area contributed by atoms with E-state index in [0.29, 0.717) is 31.5 Å². The lowest BCUT2D eigenvalue weighted by Crippen LogP contribution is -2.47. The van der Waals surface area contributed by atoms with E-state index in [1.807, 2.05) is 0 Å². The van der Waals surface area contributed by atoms with Gasteiger partial charge in [0.2, 0.25) is 0 Å². The molecular weight excluding hydrogens is 323 g/mol. The highest BCUT2D eigenvalue weighted by Gasteiger charge is 2.32. The van der Waals surface area contributed by atoms with Gasteiger partial charge in [0, 0.05) is 18.7 Å². The molecule has 25 heavy (non-hydrogen) atoms. The molecule has 2 amide bonds. The van der Waals surface area contributed by atoms with E-state index in [2.05, 4.69) is 5.32 Å². The number of nitrogens with one attached hydrogen (secondary N) is 1. The van der Waals surface area contributed by atoms with Crippen molar-refractivity contribution < 1.29 is 19.1 Å². The molecule has 1 saturated carbocycles. The Morgan fingerprint density at radius 3 is 2.36 bits per heavy atom. The van der Waals surface area contributed by atoms with Crippen molar-refractivity contribution in [1.82, 2.24) is 10.2 Å². The summed E-state index contributed by atoms with van der Waals surface area (Å²) in [7, 11) is 0. The van der Waals surface area contributed by atoms with E-state index in [1.165, 1.54) is 6.07 Å². The van der Waals surface area contributed by atoms with E-state index in [0.717, 1.165) is 25.7 Å². The fraction of sp³-hybridized carbons (Fsp3) is 0.579. The number of benzene rings is 1. The molecule has 1 saturated heterocycles. The minimum absolute atomic E-state index is 0.219. The van der Waals surface area contributed by atoms with Crippen LogP contribution in [0.15, 0.2) is 24.3 Å². The van der Waals surface area contributed by atoms with Crippen molar-refractivity contribution in [3.8, 4) is 0 Å². The van der Waals surface area contributed by atoms with Gasteiger partial charge in [-0.2, -0.15) is 0 Å². The SMILES string of the molecule is O=C(O)C1CCN(C(=O)NC(c2ccccc2F)C2CCCC2)CC1. The number of halogens is 1. The number of piperidine rings is 1. The third-order valence-electron chi connectivity index (χ3n) is 5.52. The van der Waals surface area contributed by atoms with Crippen LogP contribution in [0.3, 0.4) is 0 Å². The lowest BCUT2D eigenvalue weighted by Gasteiger charge is -2.33. The summed E-state index contributed by atoms with van der Waals surface area (Å²) in [6.07, 6.45) is 5.12. The summed E-state index contributed by atoms with van der Waals surface area (Å²) in [5.74, 6) is -1.21. The van der Waals surface area contributed by atoms with Crippen LogP contribution in [-0.4, -0.2) is 35.1 Å². The van der Waals surface area contributed by atoms with E-state index in [1.54, 1.807) is 23.1 Å². The Kier molecular flexibility index (Phi) is 5.56. The fourth-order valence-corrected chi connectivity index (χ4v) is 4.02. The van der Waals surface area contributed by atoms with E-state index < -0.39 is 5.97 Å². The standard InChI is InChI=1S/C19H25FN2O3/c20-16-8-4-3-7-15(16)17(13-5-1-2-6-13)21-19(25)22-11-9-14(10-12-22)18(23)24/h3-4,7-8,13-14,17H,1-2,5-6,9-12H2,(H,21,25)(H,23,24). The molecule has 1 unspecified atom stereocenters. The number of aliphatic carboxylic acids is 1. The van der Waals surface area contributed by atoms with Gasteiger partial charge in [0.15, 0.2) is 0 Å². The molecule has 0 aromatic heterocycles. The zero-order valence-corrected chi connectivity index (χ0v) is 14.3. The molecule has 2 N–H and O–H groups in total. The first kappa shape index (κ1) is 17.7. The topological polar surface area (TPSA) is 69.6 Å². The molecule has 2 aliphatic rings. The predicted molar refractivity (Wildman–Crippen MR) is 91.6 cm³/mol. The van der Waals surface area contributed by atoms with E-state index >= 15 is 0 Å². The maximum atomic E-state index is 14.3. The second kappa shape index (κ2) is 7.85. The number of hydrogen-bond acceptors (Lipinski definition) is 2. The summed E-state index contributed by atoms with van der Waals surface area (Å²) in [5.41, 5.74) is 0.545. The highest BCUT2D eigenvalue weighted by molar-refractivity contribution is 5.76. The normalized spacial score (nSPS) is 20.4. The second-order valence-electron chi connectivity index (χ2n) is 7.09. The van der Waals surface area contributed by atoms with Crippen LogP contribution < -0.4 is 5.32 Å². The van der Waals surface area contributed by atoms with E-state index in [4.69, 9.17) is 5.11 Å². The van der Waals surface area contributed by atoms with Gasteiger partial charge in [0.1, 0.15) is 5.82 Å². The number of carboxylic acid groups (broad SMARTS) is 1. The molecule has 0 bridgehead atoms. The van der Waals surface area contributed by atoms with E-state index in [9.17, 15) is 14.0 Å². The van der Waals surface area contributed by atoms with Crippen molar-refractivity contribution in [3.63, 3.8) is 0 Å². The van der Waals surface area contributed by atoms with Crippen LogP contribution in [0.4, 0.5) is 9.18 Å². The zero-order valence-electron chi connectivity index (χ0n) is 14.3. The van der Waals surface area contributed by atoms with Gasteiger partial charge in [-0.25, -0.2) is 9.18 Å². The Labute approximate surface area is 147 Å². The van der Waals surface area contributed by atoms with E-state index in [-0.39, 0.29) is 29.7 Å². The first-order valence-electron chi connectivity index (χ1n) is 9.09. The number of carboxylic acids is 1. The van der Waals surface area contributed by atoms with Crippen molar-refractivity contribution in [2.45, 2.75) is 44.6 Å². The molecule has 1 aromatic rings. The molecule has 2 fully saturated rings. The average molecular weight is 348 g/mol. The van der Waals surface area contributed by atoms with Crippen molar-refractivity contribution in [3.05, 3.63) is 35.6 Å². The van der Waals surface area contributed by atoms with Gasteiger partial charge in [-0.15, -0.1) is 0 Å². The number of carbonyl (C=O) groups excluding carboxylic acids is 1. The van der Waals surface area contributed by atoms with Crippen LogP contribution in [0.25, 0.3) is 0 Å². The average Bonchev–Trinajstić information content (AvgIpc) is 3.14. The maximum Gasteiger partial charge on any atom is 0.317 e. The van der Waals surface area contributed by atoms with Crippen LogP contribution in [-0.2, 0) is 4.79 Å². The molecule has 0 spiro atoms. The Morgan fingerprint density at radius 1 is 1.12 bits per heavy atom. The third-order valence-corrected chi connectivity index (χ3v) is 5.52. The molecule has 1 aliphatic carbocycles. The molecule has 1 heterocycles. The van der Waals surface area contributed by atoms with Crippen LogP contribution in [0.5, 0.6) is 0 Å². The second-order valence-corrected chi connectivity index (χ2v) is 7.09. The molecular formula is C19H25FN2O3. The van der Waals surface area contributed by atoms with Crippen molar-refractivity contribution in [1.29, 1.82) is 0 Å². The number of likely N-dealkylation sites (tertiary alicyclic amines) is 1. The van der Waals surface area contributed by atoms with Crippen molar-refractivity contribution >= 4 is 12.0 Å². The lowest BCUT2D eigenvalue weighted by atomic mass is 9.91. The number of rotatable bonds is 4. The number of urea groups is 1. The minimum atomic E-state index is -0.796. The molecule has 3 rings (SSSR count). The Hall–Kier alpha value is -2.11. The number of carbonyl (C=O) groups is 2. The summed E-state index contributed by atoms with van der Waals surface area (Å²) < 4.78 is 14.3. The predicted octanol–water partition coefficient (Wildman–Crippen LogP) is 3.56. The van der Waals surface area contributed by atoms with Gasteiger partial charge in [-0.05, 0) is 37.7 Å². The maximum absolute atomic E-state index is 14.3. The van der Waals surface area contributed by atoms with Crippen LogP contribution in [0.2, 0.25) is 0 Å². The summed E-state index contributed by atoms with van der Waals surface area (Å²) in [5, 5.41) is 12.1. The molecule has 6 heteroatoms. The van der Waals surface area contributed by atoms with Crippen LogP contribution >= 0.6 is 0 Å². The van der Waals surface area contributed by atoms with Gasteiger partial charge in [0.25, 0.3) is 0 Å². The first-order chi connectivity index (χ1) is 12.1. The van der Waals surface area contributed by atoms with Gasteiger partial charge >= 0.3 is 12.0 Å². The summed E-state index contributed by atoms with van der Waals surface area (Å²) in [6.45, 7) is 0.856. The number of hydrogen-bond donors (Lipinski definition) is 2. The molecule has 136 valence electrons. The fourth-order valence-electron chi connectivity index (χ4n) is 4.02. The Morgan fingerprint density at radius 2 is 1.76 bits per heavy atom. The Balaban J connectivity index is 1.69. The van der Waals surface area contributed by atoms with Crippen LogP contribution in [0.1, 0.15) is 50.1 Å². The molecule has 1 aliphatic heterocycles. The quantitative estimate of drug-likeness (QED) is 0.874. The summed E-state index contributed by atoms with van der Waals surface area (Å²) in [4.78, 5) is 25.4. The third kappa shape index (κ3) is 4.11. The molecule has 1 aromatic carbocycles. The Bertz CT molecular complexity index is 623. The van der Waals surface area contributed by atoms with Gasteiger partial charge in [-0.3, -0.25) is 4.79 Å². The monoisotopic (exact) mass is 348 g/mol. The van der Waals surface area contributed by atoms with Gasteiger partial charge in [0.05, 0.1) is 12.0 Å². The smallest absolute Gasteiger partial charge is 0.317 e. The molecule has 1 atom stereocenters.